The summed E-state index contributed by atoms with van der Waals surface area (Å²) in [5.74, 6) is -1.50. The van der Waals surface area contributed by atoms with Crippen LogP contribution in [0, 0.1) is 5.82 Å². The molecule has 0 unspecified atom stereocenters. The van der Waals surface area contributed by atoms with Crippen LogP contribution in [0.4, 0.5) is 29.1 Å². The van der Waals surface area contributed by atoms with Crippen LogP contribution < -0.4 is 10.2 Å². The van der Waals surface area contributed by atoms with Crippen molar-refractivity contribution in [1.82, 2.24) is 19.4 Å². The first kappa shape index (κ1) is 26.1. The van der Waals surface area contributed by atoms with E-state index in [4.69, 9.17) is 0 Å². The Morgan fingerprint density at radius 3 is 2.47 bits per heavy atom. The molecule has 1 amide bonds. The summed E-state index contributed by atoms with van der Waals surface area (Å²) in [4.78, 5) is 16.4. The summed E-state index contributed by atoms with van der Waals surface area (Å²) < 4.78 is 82.3. The summed E-state index contributed by atoms with van der Waals surface area (Å²) in [5.41, 5.74) is -0.311. The SMILES string of the molecule is CN1CCN(c2ccc(C(=O)Nc3n[nH]c4c3CN(S(=O)(=O)c3cccc(F)c3)C4)cc2C(F)(F)F)CC1. The predicted octanol–water partition coefficient (Wildman–Crippen LogP) is 3.28. The number of aromatic nitrogens is 2. The van der Waals surface area contributed by atoms with E-state index in [1.807, 2.05) is 11.9 Å². The molecule has 2 aliphatic rings. The van der Waals surface area contributed by atoms with Gasteiger partial charge in [0.1, 0.15) is 5.82 Å². The van der Waals surface area contributed by atoms with Crippen molar-refractivity contribution in [2.45, 2.75) is 24.2 Å². The number of alkyl halides is 3. The molecule has 0 spiro atoms. The van der Waals surface area contributed by atoms with Gasteiger partial charge in [0.2, 0.25) is 10.0 Å². The number of carbonyl (C=O) groups excluding carboxylic acids is 1. The number of amides is 1. The Hall–Kier alpha value is -3.49. The Bertz CT molecular complexity index is 1480. The zero-order chi connectivity index (χ0) is 27.2. The standard InChI is InChI=1S/C24H24F4N6O3S/c1-32-7-9-33(10-8-32)21-6-5-15(11-19(21)24(26,27)28)23(35)29-22-18-13-34(14-20(18)30-31-22)38(36,37)17-4-2-3-16(25)12-17/h2-6,11-12H,7-10,13-14H2,1H3,(H2,29,30,31,35). The van der Waals surface area contributed by atoms with Gasteiger partial charge in [-0.1, -0.05) is 6.07 Å². The lowest BCUT2D eigenvalue weighted by Gasteiger charge is -2.35. The molecular weight excluding hydrogens is 528 g/mol. The summed E-state index contributed by atoms with van der Waals surface area (Å²) in [6.45, 7) is 1.86. The lowest BCUT2D eigenvalue weighted by atomic mass is 10.1. The number of carbonyl (C=O) groups is 1. The monoisotopic (exact) mass is 552 g/mol. The topological polar surface area (TPSA) is 102 Å². The number of fused-ring (bicyclic) bond motifs is 1. The third-order valence-electron chi connectivity index (χ3n) is 6.70. The van der Waals surface area contributed by atoms with Crippen molar-refractivity contribution in [3.63, 3.8) is 0 Å². The largest absolute Gasteiger partial charge is 0.418 e. The second-order valence-electron chi connectivity index (χ2n) is 9.23. The maximum atomic E-state index is 13.9. The Morgan fingerprint density at radius 1 is 1.05 bits per heavy atom. The molecule has 5 rings (SSSR count). The quantitative estimate of drug-likeness (QED) is 0.472. The number of hydrogen-bond acceptors (Lipinski definition) is 6. The van der Waals surface area contributed by atoms with Crippen molar-refractivity contribution in [1.29, 1.82) is 0 Å². The molecule has 0 aliphatic carbocycles. The van der Waals surface area contributed by atoms with Crippen LogP contribution in [0.15, 0.2) is 47.4 Å². The Labute approximate surface area is 216 Å². The number of nitrogens with zero attached hydrogens (tertiary/aromatic N) is 4. The number of likely N-dealkylation sites (N-methyl/N-ethyl adjacent to an activating group) is 1. The van der Waals surface area contributed by atoms with Crippen LogP contribution in [0.3, 0.4) is 0 Å². The van der Waals surface area contributed by atoms with E-state index in [-0.39, 0.29) is 35.1 Å². The highest BCUT2D eigenvalue weighted by Gasteiger charge is 2.37. The number of aromatic amines is 1. The number of H-pyrrole nitrogens is 1. The molecule has 2 N–H and O–H groups in total. The van der Waals surface area contributed by atoms with Crippen molar-refractivity contribution >= 4 is 27.4 Å². The van der Waals surface area contributed by atoms with E-state index in [1.54, 1.807) is 4.90 Å². The molecule has 1 saturated heterocycles. The zero-order valence-corrected chi connectivity index (χ0v) is 21.0. The second-order valence-corrected chi connectivity index (χ2v) is 11.2. The van der Waals surface area contributed by atoms with Crippen molar-refractivity contribution in [2.75, 3.05) is 43.4 Å². The van der Waals surface area contributed by atoms with Crippen LogP contribution in [0.5, 0.6) is 0 Å². The number of rotatable bonds is 5. The molecule has 0 saturated carbocycles. The molecule has 0 bridgehead atoms. The van der Waals surface area contributed by atoms with Crippen molar-refractivity contribution in [3.8, 4) is 0 Å². The van der Waals surface area contributed by atoms with E-state index in [2.05, 4.69) is 15.5 Å². The van der Waals surface area contributed by atoms with E-state index in [9.17, 15) is 30.8 Å². The van der Waals surface area contributed by atoms with Crippen LogP contribution in [0.2, 0.25) is 0 Å². The predicted molar refractivity (Wildman–Crippen MR) is 131 cm³/mol. The lowest BCUT2D eigenvalue weighted by molar-refractivity contribution is -0.137. The number of anilines is 2. The Kier molecular flexibility index (Phi) is 6.65. The number of halogens is 4. The summed E-state index contributed by atoms with van der Waals surface area (Å²) in [5, 5.41) is 9.16. The minimum atomic E-state index is -4.67. The first-order valence-corrected chi connectivity index (χ1v) is 13.2. The second kappa shape index (κ2) is 9.67. The molecule has 0 atom stereocenters. The number of benzene rings is 2. The van der Waals surface area contributed by atoms with Gasteiger partial charge in [0.15, 0.2) is 5.82 Å². The molecule has 38 heavy (non-hydrogen) atoms. The minimum Gasteiger partial charge on any atom is -0.368 e. The van der Waals surface area contributed by atoms with E-state index in [0.29, 0.717) is 37.4 Å². The van der Waals surface area contributed by atoms with Crippen LogP contribution in [-0.2, 0) is 29.3 Å². The minimum absolute atomic E-state index is 0.0126. The molecule has 3 aromatic rings. The first-order chi connectivity index (χ1) is 17.9. The first-order valence-electron chi connectivity index (χ1n) is 11.7. The number of nitrogens with one attached hydrogen (secondary N) is 2. The summed E-state index contributed by atoms with van der Waals surface area (Å²) >= 11 is 0. The van der Waals surface area contributed by atoms with Gasteiger partial charge in [0.05, 0.1) is 22.7 Å². The average Bonchev–Trinajstić information content (AvgIpc) is 3.46. The van der Waals surface area contributed by atoms with Crippen LogP contribution >= 0.6 is 0 Å². The van der Waals surface area contributed by atoms with Gasteiger partial charge >= 0.3 is 6.18 Å². The normalized spacial score (nSPS) is 17.0. The molecule has 14 heteroatoms. The fourth-order valence-corrected chi connectivity index (χ4v) is 5.98. The van der Waals surface area contributed by atoms with Crippen molar-refractivity contribution in [3.05, 3.63) is 70.7 Å². The van der Waals surface area contributed by atoms with Gasteiger partial charge in [-0.15, -0.1) is 0 Å². The average molecular weight is 553 g/mol. The fraction of sp³-hybridized carbons (Fsp3) is 0.333. The highest BCUT2D eigenvalue weighted by atomic mass is 32.2. The highest BCUT2D eigenvalue weighted by Crippen LogP contribution is 2.38. The fourth-order valence-electron chi connectivity index (χ4n) is 4.57. The summed E-state index contributed by atoms with van der Waals surface area (Å²) in [7, 11) is -2.14. The number of piperazine rings is 1. The van der Waals surface area contributed by atoms with Crippen molar-refractivity contribution < 1.29 is 30.8 Å². The molecule has 9 nitrogen and oxygen atoms in total. The van der Waals surface area contributed by atoms with E-state index in [0.717, 1.165) is 22.5 Å². The van der Waals surface area contributed by atoms with Crippen LogP contribution in [-0.4, -0.2) is 67.0 Å². The molecular formula is C24H24F4N6O3S. The molecule has 3 heterocycles. The van der Waals surface area contributed by atoms with Gasteiger partial charge in [-0.05, 0) is 43.4 Å². The molecule has 0 radical (unpaired) electrons. The molecule has 1 fully saturated rings. The molecule has 202 valence electrons. The van der Waals surface area contributed by atoms with Gasteiger partial charge < -0.3 is 15.1 Å². The van der Waals surface area contributed by atoms with Gasteiger partial charge in [0, 0.05) is 49.5 Å². The van der Waals surface area contributed by atoms with Crippen LogP contribution in [0.25, 0.3) is 0 Å². The molecule has 2 aromatic carbocycles. The van der Waals surface area contributed by atoms with E-state index in [1.165, 1.54) is 24.3 Å². The summed E-state index contributed by atoms with van der Waals surface area (Å²) in [6, 6.07) is 8.04. The van der Waals surface area contributed by atoms with E-state index < -0.39 is 33.5 Å². The molecule has 1 aromatic heterocycles. The third kappa shape index (κ3) is 4.98. The smallest absolute Gasteiger partial charge is 0.368 e. The zero-order valence-electron chi connectivity index (χ0n) is 20.2. The van der Waals surface area contributed by atoms with Gasteiger partial charge in [-0.2, -0.15) is 22.6 Å². The Balaban J connectivity index is 1.35. The van der Waals surface area contributed by atoms with Gasteiger partial charge in [0.25, 0.3) is 5.91 Å². The Morgan fingerprint density at radius 2 is 1.79 bits per heavy atom. The third-order valence-corrected chi connectivity index (χ3v) is 8.48. The summed E-state index contributed by atoms with van der Waals surface area (Å²) in [6.07, 6.45) is -4.67. The lowest BCUT2D eigenvalue weighted by Crippen LogP contribution is -2.45. The van der Waals surface area contributed by atoms with Gasteiger partial charge in [-0.25, -0.2) is 12.8 Å². The number of sulfonamides is 1. The van der Waals surface area contributed by atoms with Crippen molar-refractivity contribution in [2.24, 2.45) is 0 Å². The molecule has 2 aliphatic heterocycles. The maximum Gasteiger partial charge on any atom is 0.418 e. The highest BCUT2D eigenvalue weighted by molar-refractivity contribution is 7.89. The maximum absolute atomic E-state index is 13.9. The van der Waals surface area contributed by atoms with Gasteiger partial charge in [-0.3, -0.25) is 9.89 Å². The van der Waals surface area contributed by atoms with E-state index >= 15 is 0 Å². The number of hydrogen-bond donors (Lipinski definition) is 2. The van der Waals surface area contributed by atoms with Crippen LogP contribution in [0.1, 0.15) is 27.2 Å².